The summed E-state index contributed by atoms with van der Waals surface area (Å²) in [4.78, 5) is 51.4. The van der Waals surface area contributed by atoms with Gasteiger partial charge in [0.2, 0.25) is 11.8 Å². The maximum Gasteiger partial charge on any atom is 0.407 e. The summed E-state index contributed by atoms with van der Waals surface area (Å²) in [5.41, 5.74) is 4.56. The molecule has 1 atom stereocenters. The van der Waals surface area contributed by atoms with Crippen LogP contribution in [0, 0.1) is 5.92 Å². The Hall–Kier alpha value is -3.88. The number of alkyl carbamates (subject to hydrolysis) is 1. The van der Waals surface area contributed by atoms with Crippen molar-refractivity contribution in [3.05, 3.63) is 59.7 Å². The average molecular weight is 478 g/mol. The van der Waals surface area contributed by atoms with Crippen LogP contribution in [0.25, 0.3) is 11.1 Å². The van der Waals surface area contributed by atoms with E-state index in [4.69, 9.17) is 4.74 Å². The van der Waals surface area contributed by atoms with Crippen LogP contribution in [-0.4, -0.2) is 77.6 Å². The molecule has 1 unspecified atom stereocenters. The number of hydrogen-bond acceptors (Lipinski definition) is 5. The van der Waals surface area contributed by atoms with Gasteiger partial charge in [-0.05, 0) is 35.1 Å². The van der Waals surface area contributed by atoms with Crippen molar-refractivity contribution in [2.75, 3.05) is 26.7 Å². The largest absolute Gasteiger partial charge is 0.480 e. The molecular weight excluding hydrogens is 450 g/mol. The van der Waals surface area contributed by atoms with E-state index < -0.39 is 24.0 Å². The van der Waals surface area contributed by atoms with Crippen LogP contribution >= 0.6 is 0 Å². The van der Waals surface area contributed by atoms with E-state index in [0.29, 0.717) is 12.8 Å². The maximum absolute atomic E-state index is 12.9. The van der Waals surface area contributed by atoms with E-state index in [2.05, 4.69) is 29.6 Å². The Morgan fingerprint density at radius 1 is 1.03 bits per heavy atom. The molecule has 3 aliphatic rings. The number of hydrogen-bond donors (Lipinski definition) is 2. The van der Waals surface area contributed by atoms with Gasteiger partial charge < -0.3 is 25.0 Å². The second kappa shape index (κ2) is 9.05. The van der Waals surface area contributed by atoms with Gasteiger partial charge in [-0.2, -0.15) is 0 Å². The van der Waals surface area contributed by atoms with E-state index in [0.717, 1.165) is 27.2 Å². The molecular formula is C26H27N3O6. The third-order valence-corrected chi connectivity index (χ3v) is 7.28. The van der Waals surface area contributed by atoms with Gasteiger partial charge in [0, 0.05) is 24.9 Å². The molecule has 1 saturated carbocycles. The zero-order valence-corrected chi connectivity index (χ0v) is 19.3. The van der Waals surface area contributed by atoms with E-state index >= 15 is 0 Å². The highest BCUT2D eigenvalue weighted by atomic mass is 16.5. The summed E-state index contributed by atoms with van der Waals surface area (Å²) in [5, 5.41) is 12.3. The van der Waals surface area contributed by atoms with Gasteiger partial charge in [-0.3, -0.25) is 9.59 Å². The van der Waals surface area contributed by atoms with Crippen molar-refractivity contribution in [3.8, 4) is 11.1 Å². The summed E-state index contributed by atoms with van der Waals surface area (Å²) in [6, 6.07) is 14.9. The van der Waals surface area contributed by atoms with Crippen LogP contribution < -0.4 is 5.32 Å². The Morgan fingerprint density at radius 2 is 1.63 bits per heavy atom. The lowest BCUT2D eigenvalue weighted by Crippen LogP contribution is -2.62. The maximum atomic E-state index is 12.9. The molecule has 9 nitrogen and oxygen atoms in total. The van der Waals surface area contributed by atoms with E-state index in [1.165, 1.54) is 11.9 Å². The molecule has 1 aliphatic heterocycles. The highest BCUT2D eigenvalue weighted by molar-refractivity contribution is 5.92. The second-order valence-corrected chi connectivity index (χ2v) is 9.43. The third kappa shape index (κ3) is 4.22. The lowest BCUT2D eigenvalue weighted by atomic mass is 9.79. The van der Waals surface area contributed by atoms with E-state index in [1.807, 2.05) is 24.3 Å². The second-order valence-electron chi connectivity index (χ2n) is 9.43. The van der Waals surface area contributed by atoms with Gasteiger partial charge in [-0.15, -0.1) is 0 Å². The van der Waals surface area contributed by atoms with Crippen LogP contribution in [0.3, 0.4) is 0 Å². The monoisotopic (exact) mass is 477 g/mol. The number of ether oxygens (including phenoxy) is 1. The van der Waals surface area contributed by atoms with Crippen molar-refractivity contribution < 1.29 is 29.0 Å². The molecule has 2 fully saturated rings. The first-order valence-corrected chi connectivity index (χ1v) is 11.7. The van der Waals surface area contributed by atoms with Crippen LogP contribution in [0.15, 0.2) is 48.5 Å². The molecule has 0 bridgehead atoms. The summed E-state index contributed by atoms with van der Waals surface area (Å²) in [6.45, 7) is -0.0695. The predicted octanol–water partition coefficient (Wildman–Crippen LogP) is 2.06. The van der Waals surface area contributed by atoms with Gasteiger partial charge in [-0.1, -0.05) is 48.5 Å². The van der Waals surface area contributed by atoms with Crippen molar-refractivity contribution in [2.24, 2.45) is 5.92 Å². The first-order valence-electron chi connectivity index (χ1n) is 11.7. The molecule has 35 heavy (non-hydrogen) atoms. The van der Waals surface area contributed by atoms with Crippen molar-refractivity contribution >= 4 is 23.9 Å². The van der Waals surface area contributed by atoms with E-state index in [1.54, 1.807) is 0 Å². The van der Waals surface area contributed by atoms with E-state index in [-0.39, 0.29) is 43.5 Å². The van der Waals surface area contributed by atoms with E-state index in [9.17, 15) is 24.3 Å². The van der Waals surface area contributed by atoms with Crippen LogP contribution in [-0.2, 0) is 19.1 Å². The van der Waals surface area contributed by atoms with Crippen LogP contribution in [0.1, 0.15) is 29.9 Å². The lowest BCUT2D eigenvalue weighted by molar-refractivity contribution is -0.162. The molecule has 2 aromatic carbocycles. The molecule has 0 spiro atoms. The smallest absolute Gasteiger partial charge is 0.407 e. The molecule has 2 N–H and O–H groups in total. The van der Waals surface area contributed by atoms with Crippen LogP contribution in [0.2, 0.25) is 0 Å². The van der Waals surface area contributed by atoms with Gasteiger partial charge in [0.05, 0.1) is 6.54 Å². The first kappa shape index (κ1) is 22.9. The average Bonchev–Trinajstić information content (AvgIpc) is 3.14. The van der Waals surface area contributed by atoms with Gasteiger partial charge in [-0.25, -0.2) is 9.59 Å². The summed E-state index contributed by atoms with van der Waals surface area (Å²) >= 11 is 0. The minimum absolute atomic E-state index is 0.0337. The molecule has 1 heterocycles. The number of carboxylic acid groups (broad SMARTS) is 1. The quantitative estimate of drug-likeness (QED) is 0.681. The van der Waals surface area contributed by atoms with Gasteiger partial charge >= 0.3 is 12.1 Å². The molecule has 9 heteroatoms. The van der Waals surface area contributed by atoms with Crippen molar-refractivity contribution in [1.82, 2.24) is 15.1 Å². The molecule has 3 amide bonds. The molecule has 5 rings (SSSR count). The highest BCUT2D eigenvalue weighted by Gasteiger charge is 2.44. The molecule has 182 valence electrons. The number of rotatable bonds is 5. The Bertz CT molecular complexity index is 1150. The number of carbonyl (C=O) groups is 4. The number of aliphatic carboxylic acids is 1. The zero-order valence-electron chi connectivity index (χ0n) is 19.3. The normalized spacial score (nSPS) is 23.2. The Morgan fingerprint density at radius 3 is 2.23 bits per heavy atom. The lowest BCUT2D eigenvalue weighted by Gasteiger charge is -2.42. The number of likely N-dealkylation sites (N-methyl/N-ethyl adjacent to an activating group) is 1. The number of benzene rings is 2. The molecule has 0 radical (unpaired) electrons. The fourth-order valence-electron chi connectivity index (χ4n) is 5.26. The Balaban J connectivity index is 1.14. The summed E-state index contributed by atoms with van der Waals surface area (Å²) in [5.74, 6) is -2.24. The summed E-state index contributed by atoms with van der Waals surface area (Å²) in [7, 11) is 1.53. The number of fused-ring (bicyclic) bond motifs is 3. The third-order valence-electron chi connectivity index (χ3n) is 7.28. The number of nitrogens with zero attached hydrogens (tertiary/aromatic N) is 2. The van der Waals surface area contributed by atoms with Crippen molar-refractivity contribution in [3.63, 3.8) is 0 Å². The first-order chi connectivity index (χ1) is 16.8. The number of carbonyl (C=O) groups excluding carboxylic acids is 3. The molecule has 2 aromatic rings. The molecule has 2 aliphatic carbocycles. The van der Waals surface area contributed by atoms with Crippen LogP contribution in [0.4, 0.5) is 4.79 Å². The SMILES string of the molecule is CN1CC(C(=O)O)N(C(=O)C2CC(NC(=O)OCC3c4ccccc4-c4ccccc43)C2)CC1=O. The van der Waals surface area contributed by atoms with Gasteiger partial charge in [0.25, 0.3) is 0 Å². The molecule has 1 saturated heterocycles. The number of piperazine rings is 1. The van der Waals surface area contributed by atoms with Crippen molar-refractivity contribution in [2.45, 2.75) is 30.8 Å². The van der Waals surface area contributed by atoms with Gasteiger partial charge in [0.1, 0.15) is 19.2 Å². The highest BCUT2D eigenvalue weighted by Crippen LogP contribution is 2.44. The van der Waals surface area contributed by atoms with Crippen molar-refractivity contribution in [1.29, 1.82) is 0 Å². The van der Waals surface area contributed by atoms with Crippen LogP contribution in [0.5, 0.6) is 0 Å². The fraction of sp³-hybridized carbons (Fsp3) is 0.385. The summed E-state index contributed by atoms with van der Waals surface area (Å²) < 4.78 is 5.56. The number of carboxylic acids is 1. The minimum atomic E-state index is -1.13. The Kier molecular flexibility index (Phi) is 5.92. The van der Waals surface area contributed by atoms with Gasteiger partial charge in [0.15, 0.2) is 0 Å². The minimum Gasteiger partial charge on any atom is -0.480 e. The topological polar surface area (TPSA) is 116 Å². The number of nitrogens with one attached hydrogen (secondary N) is 1. The fourth-order valence-corrected chi connectivity index (χ4v) is 5.26. The number of amides is 3. The summed E-state index contributed by atoms with van der Waals surface area (Å²) in [6.07, 6.45) is 0.229. The standard InChI is InChI=1S/C26H27N3O6/c1-28-12-22(25(32)33)29(13-23(28)30)24(31)15-10-16(11-15)27-26(34)35-14-21-19-8-4-2-6-17(19)18-7-3-5-9-20(18)21/h2-9,15-16,21-22H,10-14H2,1H3,(H,27,34)(H,32,33). The predicted molar refractivity (Wildman–Crippen MR) is 125 cm³/mol. The molecule has 0 aromatic heterocycles. The zero-order chi connectivity index (χ0) is 24.7. The Labute approximate surface area is 202 Å².